The molecule has 0 radical (unpaired) electrons. The molecule has 0 aromatic heterocycles. The Kier molecular flexibility index (Phi) is 2.20. The first kappa shape index (κ1) is 7.96. The summed E-state index contributed by atoms with van der Waals surface area (Å²) in [5.74, 6) is 0. The molecule has 0 spiro atoms. The van der Waals surface area contributed by atoms with Crippen molar-refractivity contribution in [1.29, 1.82) is 5.26 Å². The molecule has 0 unspecified atom stereocenters. The Hall–Kier alpha value is -1.04. The first-order valence-corrected chi connectivity index (χ1v) is 2.65. The smallest absolute Gasteiger partial charge is 0.162 e. The first-order chi connectivity index (χ1) is 4.02. The zero-order chi connectivity index (χ0) is 7.49. The third-order valence-corrected chi connectivity index (χ3v) is 0.916. The number of nitrogens with zero attached hydrogens (tertiary/aromatic N) is 2. The van der Waals surface area contributed by atoms with Crippen LogP contribution in [0.25, 0.3) is 0 Å². The second kappa shape index (κ2) is 2.49. The Labute approximate surface area is 54.6 Å². The molecule has 0 rings (SSSR count). The van der Waals surface area contributed by atoms with E-state index in [2.05, 4.69) is 5.16 Å². The minimum absolute atomic E-state index is 0.155. The van der Waals surface area contributed by atoms with E-state index in [1.807, 2.05) is 20.8 Å². The molecule has 0 aliphatic heterocycles. The molecule has 0 aliphatic carbocycles. The van der Waals surface area contributed by atoms with Crippen molar-refractivity contribution in [2.45, 2.75) is 20.8 Å². The van der Waals surface area contributed by atoms with Gasteiger partial charge in [-0.1, -0.05) is 25.9 Å². The van der Waals surface area contributed by atoms with Crippen LogP contribution in [0.1, 0.15) is 20.8 Å². The van der Waals surface area contributed by atoms with E-state index >= 15 is 0 Å². The Morgan fingerprint density at radius 3 is 2.00 bits per heavy atom. The summed E-state index contributed by atoms with van der Waals surface area (Å²) in [5.41, 5.74) is -0.189. The Bertz CT molecular complexity index is 159. The molecule has 0 aliphatic rings. The van der Waals surface area contributed by atoms with Gasteiger partial charge in [-0.25, -0.2) is 0 Å². The highest BCUT2D eigenvalue weighted by Gasteiger charge is 2.18. The minimum Gasteiger partial charge on any atom is -0.410 e. The first-order valence-electron chi connectivity index (χ1n) is 2.65. The molecule has 0 aromatic rings. The summed E-state index contributed by atoms with van der Waals surface area (Å²) in [6.45, 7) is 5.43. The standard InChI is InChI=1S/C6H10N2O/c1-6(2,3)5(4-7)8-9/h9H,1-3H3. The lowest BCUT2D eigenvalue weighted by molar-refractivity contribution is 0.312. The molecule has 0 amide bonds. The minimum atomic E-state index is -0.344. The van der Waals surface area contributed by atoms with Crippen LogP contribution in [0.5, 0.6) is 0 Å². The van der Waals surface area contributed by atoms with E-state index in [4.69, 9.17) is 10.5 Å². The van der Waals surface area contributed by atoms with Gasteiger partial charge in [0.15, 0.2) is 5.71 Å². The molecule has 0 saturated carbocycles. The average molecular weight is 126 g/mol. The highest BCUT2D eigenvalue weighted by molar-refractivity contribution is 6.01. The highest BCUT2D eigenvalue weighted by atomic mass is 16.4. The lowest BCUT2D eigenvalue weighted by Gasteiger charge is -2.12. The molecule has 1 N–H and O–H groups in total. The van der Waals surface area contributed by atoms with Crippen molar-refractivity contribution in [3.63, 3.8) is 0 Å². The number of hydrogen-bond acceptors (Lipinski definition) is 3. The fraction of sp³-hybridized carbons (Fsp3) is 0.667. The molecule has 9 heavy (non-hydrogen) atoms. The van der Waals surface area contributed by atoms with Gasteiger partial charge in [-0.15, -0.1) is 0 Å². The molecule has 3 heteroatoms. The van der Waals surface area contributed by atoms with Gasteiger partial charge in [-0.2, -0.15) is 5.26 Å². The third-order valence-electron chi connectivity index (χ3n) is 0.916. The maximum absolute atomic E-state index is 8.32. The zero-order valence-electron chi connectivity index (χ0n) is 5.84. The predicted octanol–water partition coefficient (Wildman–Crippen LogP) is 1.39. The van der Waals surface area contributed by atoms with Crippen molar-refractivity contribution in [1.82, 2.24) is 0 Å². The fourth-order valence-corrected chi connectivity index (χ4v) is 0.340. The monoisotopic (exact) mass is 126 g/mol. The molecular formula is C6H10N2O. The lowest BCUT2D eigenvalue weighted by atomic mass is 9.91. The van der Waals surface area contributed by atoms with Crippen LogP contribution >= 0.6 is 0 Å². The molecule has 0 heterocycles. The van der Waals surface area contributed by atoms with Crippen molar-refractivity contribution in [3.8, 4) is 6.07 Å². The van der Waals surface area contributed by atoms with Crippen LogP contribution in [0, 0.1) is 16.7 Å². The van der Waals surface area contributed by atoms with Crippen LogP contribution in [0.15, 0.2) is 5.16 Å². The van der Waals surface area contributed by atoms with E-state index in [9.17, 15) is 0 Å². The molecule has 0 saturated heterocycles. The molecule has 0 fully saturated rings. The summed E-state index contributed by atoms with van der Waals surface area (Å²) in [7, 11) is 0. The number of rotatable bonds is 0. The van der Waals surface area contributed by atoms with Crippen LogP contribution < -0.4 is 0 Å². The molecule has 3 nitrogen and oxygen atoms in total. The molecule has 0 bridgehead atoms. The van der Waals surface area contributed by atoms with Crippen molar-refractivity contribution in [2.24, 2.45) is 10.6 Å². The van der Waals surface area contributed by atoms with Crippen molar-refractivity contribution >= 4 is 5.71 Å². The van der Waals surface area contributed by atoms with Gasteiger partial charge in [-0.3, -0.25) is 0 Å². The SMILES string of the molecule is CC(C)(C)C(C#N)=NO. The molecule has 0 aromatic carbocycles. The number of nitriles is 1. The van der Waals surface area contributed by atoms with Gasteiger partial charge in [0.1, 0.15) is 6.07 Å². The van der Waals surface area contributed by atoms with Gasteiger partial charge in [-0.05, 0) is 0 Å². The van der Waals surface area contributed by atoms with E-state index in [0.29, 0.717) is 0 Å². The maximum atomic E-state index is 8.32. The van der Waals surface area contributed by atoms with Gasteiger partial charge in [0.05, 0.1) is 0 Å². The largest absolute Gasteiger partial charge is 0.410 e. The predicted molar refractivity (Wildman–Crippen MR) is 34.3 cm³/mol. The van der Waals surface area contributed by atoms with E-state index < -0.39 is 0 Å². The normalized spacial score (nSPS) is 12.9. The molecule has 50 valence electrons. The summed E-state index contributed by atoms with van der Waals surface area (Å²) in [5, 5.41) is 19.4. The van der Waals surface area contributed by atoms with Crippen LogP contribution in [0.4, 0.5) is 0 Å². The van der Waals surface area contributed by atoms with E-state index in [-0.39, 0.29) is 11.1 Å². The number of hydrogen-bond donors (Lipinski definition) is 1. The summed E-state index contributed by atoms with van der Waals surface area (Å²) >= 11 is 0. The van der Waals surface area contributed by atoms with Gasteiger partial charge in [0, 0.05) is 5.41 Å². The third kappa shape index (κ3) is 2.13. The highest BCUT2D eigenvalue weighted by Crippen LogP contribution is 2.14. The van der Waals surface area contributed by atoms with Gasteiger partial charge >= 0.3 is 0 Å². The van der Waals surface area contributed by atoms with Gasteiger partial charge < -0.3 is 5.21 Å². The topological polar surface area (TPSA) is 56.4 Å². The summed E-state index contributed by atoms with van der Waals surface area (Å²) in [4.78, 5) is 0. The zero-order valence-corrected chi connectivity index (χ0v) is 5.84. The van der Waals surface area contributed by atoms with Crippen molar-refractivity contribution < 1.29 is 5.21 Å². The molecule has 0 atom stereocenters. The average Bonchev–Trinajstić information content (AvgIpc) is 1.65. The fourth-order valence-electron chi connectivity index (χ4n) is 0.340. The van der Waals surface area contributed by atoms with E-state index in [0.717, 1.165) is 0 Å². The van der Waals surface area contributed by atoms with Crippen LogP contribution in [-0.4, -0.2) is 10.9 Å². The Morgan fingerprint density at radius 1 is 1.56 bits per heavy atom. The van der Waals surface area contributed by atoms with Gasteiger partial charge in [0.25, 0.3) is 0 Å². The maximum Gasteiger partial charge on any atom is 0.162 e. The van der Waals surface area contributed by atoms with E-state index in [1.54, 1.807) is 6.07 Å². The van der Waals surface area contributed by atoms with Crippen LogP contribution in [0.2, 0.25) is 0 Å². The van der Waals surface area contributed by atoms with Gasteiger partial charge in [0.2, 0.25) is 0 Å². The second-order valence-corrected chi connectivity index (χ2v) is 2.81. The van der Waals surface area contributed by atoms with Crippen LogP contribution in [0.3, 0.4) is 0 Å². The Balaban J connectivity index is 4.39. The number of oxime groups is 1. The summed E-state index contributed by atoms with van der Waals surface area (Å²) in [6, 6.07) is 1.79. The van der Waals surface area contributed by atoms with Crippen LogP contribution in [-0.2, 0) is 0 Å². The quantitative estimate of drug-likeness (QED) is 0.303. The van der Waals surface area contributed by atoms with Crippen molar-refractivity contribution in [3.05, 3.63) is 0 Å². The summed E-state index contributed by atoms with van der Waals surface area (Å²) in [6.07, 6.45) is 0. The summed E-state index contributed by atoms with van der Waals surface area (Å²) < 4.78 is 0. The van der Waals surface area contributed by atoms with E-state index in [1.165, 1.54) is 0 Å². The Morgan fingerprint density at radius 2 is 2.00 bits per heavy atom. The molecular weight excluding hydrogens is 116 g/mol. The lowest BCUT2D eigenvalue weighted by Crippen LogP contribution is -2.18. The van der Waals surface area contributed by atoms with Crippen molar-refractivity contribution in [2.75, 3.05) is 0 Å². The second-order valence-electron chi connectivity index (χ2n) is 2.81.